The number of benzene rings is 1. The van der Waals surface area contributed by atoms with E-state index in [2.05, 4.69) is 10.2 Å². The van der Waals surface area contributed by atoms with Crippen LogP contribution in [0.4, 0.5) is 5.69 Å². The summed E-state index contributed by atoms with van der Waals surface area (Å²) in [6.07, 6.45) is 11.3. The number of aryl methyl sites for hydroxylation is 1. The molecule has 3 aliphatic rings. The van der Waals surface area contributed by atoms with E-state index in [9.17, 15) is 9.59 Å². The molecular weight excluding hydrogens is 348 g/mol. The van der Waals surface area contributed by atoms with Crippen LogP contribution in [0.1, 0.15) is 69.8 Å². The molecule has 1 heterocycles. The number of anilines is 1. The van der Waals surface area contributed by atoms with E-state index < -0.39 is 0 Å². The first-order valence-electron chi connectivity index (χ1n) is 11.2. The highest BCUT2D eigenvalue weighted by Gasteiger charge is 2.58. The third-order valence-electron chi connectivity index (χ3n) is 7.34. The monoisotopic (exact) mass is 382 g/mol. The van der Waals surface area contributed by atoms with Crippen LogP contribution >= 0.6 is 0 Å². The zero-order chi connectivity index (χ0) is 19.6. The molecular formula is C24H34N2O2. The van der Waals surface area contributed by atoms with Crippen molar-refractivity contribution in [3.05, 3.63) is 29.8 Å². The van der Waals surface area contributed by atoms with Gasteiger partial charge >= 0.3 is 0 Å². The minimum atomic E-state index is 0.0985. The second-order valence-electron chi connectivity index (χ2n) is 9.40. The molecule has 1 aliphatic heterocycles. The first-order valence-corrected chi connectivity index (χ1v) is 11.2. The summed E-state index contributed by atoms with van der Waals surface area (Å²) in [4.78, 5) is 27.3. The lowest BCUT2D eigenvalue weighted by Gasteiger charge is -2.33. The topological polar surface area (TPSA) is 49.4 Å². The van der Waals surface area contributed by atoms with Gasteiger partial charge in [-0.15, -0.1) is 0 Å². The zero-order valence-electron chi connectivity index (χ0n) is 17.2. The fraction of sp³-hybridized carbons (Fsp3) is 0.667. The van der Waals surface area contributed by atoms with E-state index >= 15 is 0 Å². The van der Waals surface area contributed by atoms with Gasteiger partial charge in [0.15, 0.2) is 0 Å². The first kappa shape index (κ1) is 19.5. The molecule has 28 heavy (non-hydrogen) atoms. The summed E-state index contributed by atoms with van der Waals surface area (Å²) < 4.78 is 0. The van der Waals surface area contributed by atoms with Crippen molar-refractivity contribution in [3.63, 3.8) is 0 Å². The number of amides is 2. The molecule has 1 spiro atoms. The third kappa shape index (κ3) is 4.42. The Kier molecular flexibility index (Phi) is 5.75. The molecule has 1 atom stereocenters. The van der Waals surface area contributed by atoms with Crippen molar-refractivity contribution in [1.29, 1.82) is 0 Å². The molecule has 152 valence electrons. The number of piperidine rings is 1. The van der Waals surface area contributed by atoms with Crippen molar-refractivity contribution < 1.29 is 9.59 Å². The second-order valence-corrected chi connectivity index (χ2v) is 9.40. The Hall–Kier alpha value is -1.84. The normalized spacial score (nSPS) is 24.2. The van der Waals surface area contributed by atoms with Crippen LogP contribution in [0.3, 0.4) is 0 Å². The lowest BCUT2D eigenvalue weighted by molar-refractivity contribution is -0.135. The molecule has 1 N–H and O–H groups in total. The van der Waals surface area contributed by atoms with Crippen LogP contribution in [0, 0.1) is 24.2 Å². The maximum atomic E-state index is 12.9. The summed E-state index contributed by atoms with van der Waals surface area (Å²) in [5, 5.41) is 3.00. The smallest absolute Gasteiger partial charge is 0.226 e. The Morgan fingerprint density at radius 2 is 1.89 bits per heavy atom. The van der Waals surface area contributed by atoms with Crippen LogP contribution in [0.15, 0.2) is 24.3 Å². The van der Waals surface area contributed by atoms with Crippen LogP contribution in [-0.4, -0.2) is 29.8 Å². The van der Waals surface area contributed by atoms with Crippen LogP contribution in [0.5, 0.6) is 0 Å². The zero-order valence-corrected chi connectivity index (χ0v) is 17.2. The molecule has 4 heteroatoms. The number of rotatable bonds is 5. The summed E-state index contributed by atoms with van der Waals surface area (Å²) in [5.74, 6) is 1.42. The van der Waals surface area contributed by atoms with Crippen molar-refractivity contribution >= 4 is 17.5 Å². The molecule has 0 bridgehead atoms. The molecule has 4 rings (SSSR count). The third-order valence-corrected chi connectivity index (χ3v) is 7.34. The van der Waals surface area contributed by atoms with Crippen LogP contribution in [-0.2, 0) is 9.59 Å². The highest BCUT2D eigenvalue weighted by molar-refractivity contribution is 5.90. The molecule has 3 fully saturated rings. The lowest BCUT2D eigenvalue weighted by Crippen LogP contribution is -2.40. The Morgan fingerprint density at radius 3 is 2.61 bits per heavy atom. The van der Waals surface area contributed by atoms with Crippen molar-refractivity contribution in [2.75, 3.05) is 18.4 Å². The van der Waals surface area contributed by atoms with Gasteiger partial charge in [0.1, 0.15) is 0 Å². The Morgan fingerprint density at radius 1 is 1.14 bits per heavy atom. The fourth-order valence-electron chi connectivity index (χ4n) is 5.45. The maximum Gasteiger partial charge on any atom is 0.226 e. The summed E-state index contributed by atoms with van der Waals surface area (Å²) >= 11 is 0. The van der Waals surface area contributed by atoms with Gasteiger partial charge in [0, 0.05) is 31.1 Å². The maximum absolute atomic E-state index is 12.9. The van der Waals surface area contributed by atoms with E-state index in [0.29, 0.717) is 29.6 Å². The van der Waals surface area contributed by atoms with Crippen molar-refractivity contribution in [1.82, 2.24) is 4.90 Å². The molecule has 2 saturated carbocycles. The standard InChI is InChI=1S/C24H34N2O2/c1-18-6-5-7-20(16-18)25-22(27)9-8-19-10-14-26(15-11-19)23(28)21-17-24(21)12-3-2-4-13-24/h5-7,16,19,21H,2-4,8-15,17H2,1H3,(H,25,27)/t21-/m0/s1. The van der Waals surface area contributed by atoms with E-state index in [4.69, 9.17) is 0 Å². The predicted octanol–water partition coefficient (Wildman–Crippen LogP) is 4.92. The van der Waals surface area contributed by atoms with Crippen molar-refractivity contribution in [2.45, 2.75) is 71.1 Å². The van der Waals surface area contributed by atoms with E-state index in [1.165, 1.54) is 32.1 Å². The van der Waals surface area contributed by atoms with Crippen LogP contribution in [0.25, 0.3) is 0 Å². The Balaban J connectivity index is 1.17. The number of hydrogen-bond acceptors (Lipinski definition) is 2. The average molecular weight is 383 g/mol. The molecule has 0 unspecified atom stereocenters. The summed E-state index contributed by atoms with van der Waals surface area (Å²) in [5.41, 5.74) is 2.42. The largest absolute Gasteiger partial charge is 0.342 e. The quantitative estimate of drug-likeness (QED) is 0.785. The minimum Gasteiger partial charge on any atom is -0.342 e. The molecule has 0 radical (unpaired) electrons. The van der Waals surface area contributed by atoms with Gasteiger partial charge in [0.25, 0.3) is 0 Å². The molecule has 2 amide bonds. The number of nitrogens with zero attached hydrogens (tertiary/aromatic N) is 1. The van der Waals surface area contributed by atoms with Crippen LogP contribution in [0.2, 0.25) is 0 Å². The number of nitrogens with one attached hydrogen (secondary N) is 1. The van der Waals surface area contributed by atoms with Gasteiger partial charge in [-0.1, -0.05) is 31.4 Å². The highest BCUT2D eigenvalue weighted by Crippen LogP contribution is 2.62. The predicted molar refractivity (Wildman–Crippen MR) is 112 cm³/mol. The van der Waals surface area contributed by atoms with E-state index in [-0.39, 0.29) is 5.91 Å². The second kappa shape index (κ2) is 8.26. The molecule has 0 aromatic heterocycles. The van der Waals surface area contributed by atoms with E-state index in [1.54, 1.807) is 0 Å². The lowest BCUT2D eigenvalue weighted by atomic mass is 9.84. The van der Waals surface area contributed by atoms with Gasteiger partial charge in [-0.25, -0.2) is 0 Å². The number of carbonyl (C=O) groups is 2. The van der Waals surface area contributed by atoms with Crippen molar-refractivity contribution in [2.24, 2.45) is 17.3 Å². The van der Waals surface area contributed by atoms with E-state index in [0.717, 1.165) is 50.0 Å². The number of likely N-dealkylation sites (tertiary alicyclic amines) is 1. The Bertz CT molecular complexity index is 715. The fourth-order valence-corrected chi connectivity index (χ4v) is 5.45. The summed E-state index contributed by atoms with van der Waals surface area (Å²) in [6, 6.07) is 7.93. The first-order chi connectivity index (χ1) is 13.6. The molecule has 2 aliphatic carbocycles. The number of carbonyl (C=O) groups excluding carboxylic acids is 2. The minimum absolute atomic E-state index is 0.0985. The molecule has 1 saturated heterocycles. The molecule has 1 aromatic carbocycles. The van der Waals surface area contributed by atoms with Crippen molar-refractivity contribution in [3.8, 4) is 0 Å². The van der Waals surface area contributed by atoms with Gasteiger partial charge in [0.2, 0.25) is 11.8 Å². The molecule has 1 aromatic rings. The van der Waals surface area contributed by atoms with Gasteiger partial charge in [0.05, 0.1) is 0 Å². The average Bonchev–Trinajstić information content (AvgIpc) is 3.39. The van der Waals surface area contributed by atoms with Gasteiger partial charge in [-0.3, -0.25) is 9.59 Å². The Labute approximate surface area is 169 Å². The molecule has 4 nitrogen and oxygen atoms in total. The highest BCUT2D eigenvalue weighted by atomic mass is 16.2. The SMILES string of the molecule is Cc1cccc(NC(=O)CCC2CCN(C(=O)[C@@H]3CC34CCCCC4)CC2)c1. The summed E-state index contributed by atoms with van der Waals surface area (Å²) in [7, 11) is 0. The number of hydrogen-bond donors (Lipinski definition) is 1. The van der Waals surface area contributed by atoms with E-state index in [1.807, 2.05) is 31.2 Å². The van der Waals surface area contributed by atoms with Crippen LogP contribution < -0.4 is 5.32 Å². The van der Waals surface area contributed by atoms with Gasteiger partial charge in [-0.05, 0) is 74.5 Å². The van der Waals surface area contributed by atoms with Gasteiger partial charge in [-0.2, -0.15) is 0 Å². The van der Waals surface area contributed by atoms with Gasteiger partial charge < -0.3 is 10.2 Å². The summed E-state index contributed by atoms with van der Waals surface area (Å²) in [6.45, 7) is 3.80.